The number of nitrogens with one attached hydrogen (secondary N) is 1. The lowest BCUT2D eigenvalue weighted by Gasteiger charge is -2.15. The van der Waals surface area contributed by atoms with Crippen molar-refractivity contribution in [2.45, 2.75) is 24.3 Å². The van der Waals surface area contributed by atoms with Gasteiger partial charge in [0.25, 0.3) is 5.91 Å². The average molecular weight is 377 g/mol. The van der Waals surface area contributed by atoms with Gasteiger partial charge in [0.2, 0.25) is 0 Å². The molecule has 7 heteroatoms. The van der Waals surface area contributed by atoms with Gasteiger partial charge in [-0.25, -0.2) is 4.39 Å². The maximum absolute atomic E-state index is 12.8. The Kier molecular flexibility index (Phi) is 7.47. The third kappa shape index (κ3) is 6.07. The normalized spacial score (nSPS) is 11.5. The second-order valence-corrected chi connectivity index (χ2v) is 6.54. The van der Waals surface area contributed by atoms with Crippen molar-refractivity contribution in [1.29, 1.82) is 0 Å². The van der Waals surface area contributed by atoms with E-state index in [1.54, 1.807) is 36.4 Å². The van der Waals surface area contributed by atoms with Crippen molar-refractivity contribution in [3.63, 3.8) is 0 Å². The van der Waals surface area contributed by atoms with Crippen molar-refractivity contribution in [2.75, 3.05) is 18.2 Å². The molecular formula is C19H20FNO4S. The van der Waals surface area contributed by atoms with Crippen molar-refractivity contribution in [1.82, 2.24) is 0 Å². The number of hydrogen-bond donors (Lipinski definition) is 1. The Morgan fingerprint density at radius 2 is 1.85 bits per heavy atom. The number of carbonyl (C=O) groups excluding carboxylic acids is 2. The van der Waals surface area contributed by atoms with E-state index < -0.39 is 18.0 Å². The number of hydrogen-bond acceptors (Lipinski definition) is 5. The van der Waals surface area contributed by atoms with Crippen LogP contribution in [0.25, 0.3) is 0 Å². The van der Waals surface area contributed by atoms with Crippen LogP contribution in [0.4, 0.5) is 10.1 Å². The molecular weight excluding hydrogens is 357 g/mol. The van der Waals surface area contributed by atoms with E-state index >= 15 is 0 Å². The number of halogens is 1. The Labute approximate surface area is 155 Å². The summed E-state index contributed by atoms with van der Waals surface area (Å²) in [7, 11) is 1.51. The molecule has 1 amide bonds. The Balaban J connectivity index is 1.76. The van der Waals surface area contributed by atoms with Gasteiger partial charge in [-0.3, -0.25) is 9.59 Å². The second-order valence-electron chi connectivity index (χ2n) is 5.37. The molecule has 2 aromatic carbocycles. The van der Waals surface area contributed by atoms with Gasteiger partial charge in [0.15, 0.2) is 6.10 Å². The quantitative estimate of drug-likeness (QED) is 0.559. The highest BCUT2D eigenvalue weighted by atomic mass is 32.2. The number of para-hydroxylation sites is 2. The highest BCUT2D eigenvalue weighted by Crippen LogP contribution is 2.23. The predicted octanol–water partition coefficient (Wildman–Crippen LogP) is 3.89. The zero-order valence-corrected chi connectivity index (χ0v) is 15.3. The molecule has 5 nitrogen and oxygen atoms in total. The van der Waals surface area contributed by atoms with Crippen molar-refractivity contribution < 1.29 is 23.5 Å². The SMILES string of the molecule is COc1ccccc1NC(=O)[C@@H](C)OC(=O)CCSc1ccc(F)cc1. The standard InChI is InChI=1S/C19H20FNO4S/c1-13(19(23)21-16-5-3-4-6-17(16)24-2)25-18(22)11-12-26-15-9-7-14(20)8-10-15/h3-10,13H,11-12H2,1-2H3,(H,21,23)/t13-/m1/s1. The molecule has 0 radical (unpaired) electrons. The molecule has 0 heterocycles. The summed E-state index contributed by atoms with van der Waals surface area (Å²) in [6.07, 6.45) is -0.780. The fourth-order valence-corrected chi connectivity index (χ4v) is 2.91. The van der Waals surface area contributed by atoms with E-state index in [0.717, 1.165) is 4.90 Å². The van der Waals surface area contributed by atoms with Gasteiger partial charge in [0.05, 0.1) is 19.2 Å². The number of thioether (sulfide) groups is 1. The monoisotopic (exact) mass is 377 g/mol. The van der Waals surface area contributed by atoms with E-state index in [1.807, 2.05) is 0 Å². The first kappa shape index (κ1) is 19.8. The molecule has 2 rings (SSSR count). The molecule has 0 unspecified atom stereocenters. The zero-order valence-electron chi connectivity index (χ0n) is 14.5. The van der Waals surface area contributed by atoms with Crippen molar-refractivity contribution in [3.05, 3.63) is 54.3 Å². The molecule has 0 fully saturated rings. The molecule has 2 aromatic rings. The topological polar surface area (TPSA) is 64.6 Å². The van der Waals surface area contributed by atoms with E-state index in [4.69, 9.17) is 9.47 Å². The molecule has 26 heavy (non-hydrogen) atoms. The van der Waals surface area contributed by atoms with Crippen LogP contribution in [0.15, 0.2) is 53.4 Å². The molecule has 0 aliphatic rings. The van der Waals surface area contributed by atoms with Crippen LogP contribution in [-0.2, 0) is 14.3 Å². The number of benzene rings is 2. The number of ether oxygens (including phenoxy) is 2. The van der Waals surface area contributed by atoms with E-state index in [0.29, 0.717) is 17.2 Å². The highest BCUT2D eigenvalue weighted by Gasteiger charge is 2.19. The zero-order chi connectivity index (χ0) is 18.9. The minimum atomic E-state index is -0.928. The molecule has 0 saturated carbocycles. The first-order valence-electron chi connectivity index (χ1n) is 8.01. The van der Waals surface area contributed by atoms with Crippen molar-refractivity contribution in [3.8, 4) is 5.75 Å². The lowest BCUT2D eigenvalue weighted by atomic mass is 10.2. The smallest absolute Gasteiger partial charge is 0.307 e. The Hall–Kier alpha value is -2.54. The van der Waals surface area contributed by atoms with Crippen LogP contribution in [0, 0.1) is 5.82 Å². The largest absolute Gasteiger partial charge is 0.495 e. The number of anilines is 1. The fraction of sp³-hybridized carbons (Fsp3) is 0.263. The van der Waals surface area contributed by atoms with Crippen molar-refractivity contribution >= 4 is 29.3 Å². The van der Waals surface area contributed by atoms with Crippen LogP contribution in [0.5, 0.6) is 5.75 Å². The summed E-state index contributed by atoms with van der Waals surface area (Å²) >= 11 is 1.42. The fourth-order valence-electron chi connectivity index (χ4n) is 2.07. The molecule has 0 bridgehead atoms. The van der Waals surface area contributed by atoms with Crippen LogP contribution >= 0.6 is 11.8 Å². The third-order valence-electron chi connectivity index (χ3n) is 3.43. The first-order chi connectivity index (χ1) is 12.5. The molecule has 0 aromatic heterocycles. The third-order valence-corrected chi connectivity index (χ3v) is 4.44. The van der Waals surface area contributed by atoms with Gasteiger partial charge in [0.1, 0.15) is 11.6 Å². The summed E-state index contributed by atoms with van der Waals surface area (Å²) in [5, 5.41) is 2.67. The van der Waals surface area contributed by atoms with Gasteiger partial charge in [0, 0.05) is 10.6 Å². The van der Waals surface area contributed by atoms with Gasteiger partial charge in [-0.1, -0.05) is 12.1 Å². The molecule has 0 saturated heterocycles. The van der Waals surface area contributed by atoms with Gasteiger partial charge in [-0.05, 0) is 43.3 Å². The molecule has 1 N–H and O–H groups in total. The summed E-state index contributed by atoms with van der Waals surface area (Å²) in [5.41, 5.74) is 0.509. The van der Waals surface area contributed by atoms with Gasteiger partial charge < -0.3 is 14.8 Å². The van der Waals surface area contributed by atoms with Crippen molar-refractivity contribution in [2.24, 2.45) is 0 Å². The van der Waals surface area contributed by atoms with Gasteiger partial charge in [-0.2, -0.15) is 0 Å². The molecule has 138 valence electrons. The van der Waals surface area contributed by atoms with E-state index in [-0.39, 0.29) is 12.2 Å². The lowest BCUT2D eigenvalue weighted by molar-refractivity contribution is -0.152. The van der Waals surface area contributed by atoms with Crippen LogP contribution in [0.2, 0.25) is 0 Å². The lowest BCUT2D eigenvalue weighted by Crippen LogP contribution is -2.30. The second kappa shape index (κ2) is 9.82. The van der Waals surface area contributed by atoms with Crippen LogP contribution in [0.1, 0.15) is 13.3 Å². The number of amides is 1. The summed E-state index contributed by atoms with van der Waals surface area (Å²) in [6.45, 7) is 1.51. The summed E-state index contributed by atoms with van der Waals surface area (Å²) in [4.78, 5) is 24.9. The number of rotatable bonds is 8. The maximum Gasteiger partial charge on any atom is 0.307 e. The minimum Gasteiger partial charge on any atom is -0.495 e. The van der Waals surface area contributed by atoms with E-state index in [9.17, 15) is 14.0 Å². The molecule has 1 atom stereocenters. The van der Waals surface area contributed by atoms with Crippen LogP contribution in [0.3, 0.4) is 0 Å². The number of methoxy groups -OCH3 is 1. The minimum absolute atomic E-state index is 0.147. The molecule has 0 spiro atoms. The van der Waals surface area contributed by atoms with E-state index in [2.05, 4.69) is 5.32 Å². The average Bonchev–Trinajstić information content (AvgIpc) is 2.63. The number of esters is 1. The Morgan fingerprint density at radius 1 is 1.15 bits per heavy atom. The number of carbonyl (C=O) groups is 2. The highest BCUT2D eigenvalue weighted by molar-refractivity contribution is 7.99. The predicted molar refractivity (Wildman–Crippen MR) is 98.9 cm³/mol. The van der Waals surface area contributed by atoms with E-state index in [1.165, 1.54) is 37.9 Å². The van der Waals surface area contributed by atoms with Gasteiger partial charge in [-0.15, -0.1) is 11.8 Å². The van der Waals surface area contributed by atoms with Crippen LogP contribution < -0.4 is 10.1 Å². The molecule has 0 aliphatic heterocycles. The summed E-state index contributed by atoms with van der Waals surface area (Å²) in [6, 6.07) is 13.0. The summed E-state index contributed by atoms with van der Waals surface area (Å²) < 4.78 is 23.1. The maximum atomic E-state index is 12.8. The van der Waals surface area contributed by atoms with Crippen LogP contribution in [-0.4, -0.2) is 30.8 Å². The van der Waals surface area contributed by atoms with Gasteiger partial charge >= 0.3 is 5.97 Å². The first-order valence-corrected chi connectivity index (χ1v) is 9.00. The Morgan fingerprint density at radius 3 is 2.54 bits per heavy atom. The Bertz CT molecular complexity index is 751. The summed E-state index contributed by atoms with van der Waals surface area (Å²) in [5.74, 6) is -0.208. The molecule has 0 aliphatic carbocycles.